The fourth-order valence-corrected chi connectivity index (χ4v) is 5.58. The van der Waals surface area contributed by atoms with Crippen LogP contribution in [-0.4, -0.2) is 81.7 Å². The van der Waals surface area contributed by atoms with Crippen LogP contribution in [0.25, 0.3) is 21.7 Å². The Balaban J connectivity index is 1.53. The predicted octanol–water partition coefficient (Wildman–Crippen LogP) is 5.51. The van der Waals surface area contributed by atoms with E-state index in [1.165, 1.54) is 18.5 Å². The standard InChI is InChI=1S/C30H32F3N7O6S/c1-5-34-27(42)39-22-11-19(26-38-21(15-47-26)30(31,32)33)20(13-35-22)18-10-16(24-37-14-23(41)45-24)12-36-25(18)44-17-6-8-40(9-7-17)28(43)46-29(2,3)4/h10-13,15,17H,5-9,14H2,1-4H3,(H2,34,35,39,42). The van der Waals surface area contributed by atoms with Gasteiger partial charge in [0.2, 0.25) is 11.8 Å². The number of carbonyl (C=O) groups is 3. The number of urea groups is 1. The van der Waals surface area contributed by atoms with E-state index in [0.717, 1.165) is 16.7 Å². The molecule has 0 unspecified atom stereocenters. The summed E-state index contributed by atoms with van der Waals surface area (Å²) in [7, 11) is 0. The maximum atomic E-state index is 13.6. The summed E-state index contributed by atoms with van der Waals surface area (Å²) in [6.07, 6.45) is -1.80. The zero-order valence-corrected chi connectivity index (χ0v) is 26.8. The number of likely N-dealkylation sites (tertiary alicyclic amines) is 1. The molecule has 0 spiro atoms. The first-order chi connectivity index (χ1) is 22.2. The minimum atomic E-state index is -4.68. The molecule has 2 aliphatic heterocycles. The van der Waals surface area contributed by atoms with Crippen LogP contribution in [0.5, 0.6) is 5.88 Å². The molecule has 0 atom stereocenters. The normalized spacial score (nSPS) is 15.6. The zero-order valence-electron chi connectivity index (χ0n) is 25.9. The summed E-state index contributed by atoms with van der Waals surface area (Å²) in [5.41, 5.74) is -0.596. The molecule has 17 heteroatoms. The average molecular weight is 676 g/mol. The van der Waals surface area contributed by atoms with E-state index in [1.807, 2.05) is 0 Å². The highest BCUT2D eigenvalue weighted by Gasteiger charge is 2.35. The first-order valence-electron chi connectivity index (χ1n) is 14.7. The average Bonchev–Trinajstić information content (AvgIpc) is 3.67. The van der Waals surface area contributed by atoms with Gasteiger partial charge in [-0.25, -0.2) is 34.3 Å². The van der Waals surface area contributed by atoms with Crippen molar-refractivity contribution in [3.05, 3.63) is 41.2 Å². The van der Waals surface area contributed by atoms with Crippen molar-refractivity contribution < 1.29 is 41.8 Å². The van der Waals surface area contributed by atoms with Crippen LogP contribution in [0.2, 0.25) is 0 Å². The number of pyridine rings is 2. The Labute approximate surface area is 271 Å². The molecule has 2 N–H and O–H groups in total. The number of thiazole rings is 1. The second kappa shape index (κ2) is 13.5. The van der Waals surface area contributed by atoms with Crippen LogP contribution in [-0.2, 0) is 20.4 Å². The number of nitrogens with zero attached hydrogens (tertiary/aromatic N) is 5. The number of esters is 1. The third kappa shape index (κ3) is 8.33. The van der Waals surface area contributed by atoms with Gasteiger partial charge in [-0.15, -0.1) is 11.3 Å². The summed E-state index contributed by atoms with van der Waals surface area (Å²) in [4.78, 5) is 54.9. The van der Waals surface area contributed by atoms with Crippen LogP contribution in [0.4, 0.5) is 28.6 Å². The summed E-state index contributed by atoms with van der Waals surface area (Å²) in [5.74, 6) is -0.342. The smallest absolute Gasteiger partial charge is 0.434 e. The van der Waals surface area contributed by atoms with E-state index in [0.29, 0.717) is 43.6 Å². The molecule has 250 valence electrons. The highest BCUT2D eigenvalue weighted by molar-refractivity contribution is 7.13. The Hall–Kier alpha value is -4.80. The molecule has 3 aromatic rings. The summed E-state index contributed by atoms with van der Waals surface area (Å²) in [5, 5.41) is 6.03. The zero-order chi connectivity index (χ0) is 33.9. The molecule has 47 heavy (non-hydrogen) atoms. The molecular weight excluding hydrogens is 643 g/mol. The number of piperidine rings is 1. The largest absolute Gasteiger partial charge is 0.474 e. The number of alkyl halides is 3. The molecule has 0 aromatic carbocycles. The van der Waals surface area contributed by atoms with Crippen LogP contribution in [0.1, 0.15) is 51.8 Å². The summed E-state index contributed by atoms with van der Waals surface area (Å²) in [6.45, 7) is 7.99. The van der Waals surface area contributed by atoms with Gasteiger partial charge in [-0.05, 0) is 39.8 Å². The highest BCUT2D eigenvalue weighted by Crippen LogP contribution is 2.41. The van der Waals surface area contributed by atoms with Gasteiger partial charge in [-0.2, -0.15) is 13.2 Å². The van der Waals surface area contributed by atoms with Crippen molar-refractivity contribution in [2.45, 2.75) is 58.4 Å². The van der Waals surface area contributed by atoms with Crippen molar-refractivity contribution in [1.82, 2.24) is 25.2 Å². The number of amides is 3. The van der Waals surface area contributed by atoms with Crippen LogP contribution >= 0.6 is 11.3 Å². The van der Waals surface area contributed by atoms with E-state index >= 15 is 0 Å². The van der Waals surface area contributed by atoms with Crippen molar-refractivity contribution in [2.75, 3.05) is 31.5 Å². The number of cyclic esters (lactones) is 1. The number of nitrogens with one attached hydrogen (secondary N) is 2. The van der Waals surface area contributed by atoms with Crippen LogP contribution in [0.3, 0.4) is 0 Å². The Kier molecular flexibility index (Phi) is 9.65. The first-order valence-corrected chi connectivity index (χ1v) is 15.6. The molecule has 1 fully saturated rings. The van der Waals surface area contributed by atoms with E-state index in [9.17, 15) is 27.6 Å². The van der Waals surface area contributed by atoms with E-state index in [4.69, 9.17) is 14.2 Å². The number of aliphatic imine (C=N–C) groups is 1. The van der Waals surface area contributed by atoms with Gasteiger partial charge in [0, 0.05) is 66.9 Å². The van der Waals surface area contributed by atoms with Gasteiger partial charge >= 0.3 is 24.3 Å². The molecule has 0 saturated carbocycles. The van der Waals surface area contributed by atoms with Gasteiger partial charge in [0.25, 0.3) is 0 Å². The van der Waals surface area contributed by atoms with Crippen molar-refractivity contribution in [3.8, 4) is 27.6 Å². The van der Waals surface area contributed by atoms with Crippen LogP contribution in [0, 0.1) is 0 Å². The second-order valence-corrected chi connectivity index (χ2v) is 12.5. The lowest BCUT2D eigenvalue weighted by atomic mass is 10.0. The van der Waals surface area contributed by atoms with Crippen molar-refractivity contribution >= 4 is 41.1 Å². The highest BCUT2D eigenvalue weighted by atomic mass is 32.1. The Bertz CT molecular complexity index is 1700. The Morgan fingerprint density at radius 3 is 2.45 bits per heavy atom. The molecular formula is C30H32F3N7O6S. The topological polar surface area (TPSA) is 157 Å². The Morgan fingerprint density at radius 1 is 1.09 bits per heavy atom. The van der Waals surface area contributed by atoms with Gasteiger partial charge in [-0.3, -0.25) is 5.32 Å². The summed E-state index contributed by atoms with van der Waals surface area (Å²) in [6, 6.07) is 2.44. The SMILES string of the molecule is CCNC(=O)Nc1cc(-c2nc(C(F)(F)F)cs2)c(-c2cc(C3=NCC(=O)O3)cnc2OC2CCN(C(=O)OC(C)(C)C)CC2)cn1. The number of hydrogen-bond donors (Lipinski definition) is 2. The monoisotopic (exact) mass is 675 g/mol. The summed E-state index contributed by atoms with van der Waals surface area (Å²) >= 11 is 0.763. The van der Waals surface area contributed by atoms with Crippen molar-refractivity contribution in [1.29, 1.82) is 0 Å². The lowest BCUT2D eigenvalue weighted by Gasteiger charge is -2.33. The lowest BCUT2D eigenvalue weighted by molar-refractivity contribution is -0.140. The molecule has 1 saturated heterocycles. The van der Waals surface area contributed by atoms with Gasteiger partial charge in [0.1, 0.15) is 29.1 Å². The van der Waals surface area contributed by atoms with E-state index in [2.05, 4.69) is 30.6 Å². The molecule has 0 radical (unpaired) electrons. The van der Waals surface area contributed by atoms with E-state index in [-0.39, 0.29) is 46.4 Å². The van der Waals surface area contributed by atoms with Gasteiger partial charge in [-0.1, -0.05) is 0 Å². The number of ether oxygens (including phenoxy) is 3. The Morgan fingerprint density at radius 2 is 1.83 bits per heavy atom. The molecule has 0 aliphatic carbocycles. The fraction of sp³-hybridized carbons (Fsp3) is 0.433. The number of rotatable bonds is 7. The molecule has 3 amide bonds. The van der Waals surface area contributed by atoms with Crippen LogP contribution in [0.15, 0.2) is 34.9 Å². The fourth-order valence-electron chi connectivity index (χ4n) is 4.72. The minimum Gasteiger partial charge on any atom is -0.474 e. The molecule has 5 rings (SSSR count). The third-order valence-electron chi connectivity index (χ3n) is 6.83. The maximum absolute atomic E-state index is 13.6. The van der Waals surface area contributed by atoms with Gasteiger partial charge in [0.05, 0.1) is 5.56 Å². The molecule has 3 aromatic heterocycles. The first kappa shape index (κ1) is 33.6. The van der Waals surface area contributed by atoms with Crippen LogP contribution < -0.4 is 15.4 Å². The third-order valence-corrected chi connectivity index (χ3v) is 7.71. The molecule has 2 aliphatic rings. The van der Waals surface area contributed by atoms with Crippen molar-refractivity contribution in [3.63, 3.8) is 0 Å². The molecule has 13 nitrogen and oxygen atoms in total. The van der Waals surface area contributed by atoms with Gasteiger partial charge < -0.3 is 24.4 Å². The number of halogens is 3. The second-order valence-electron chi connectivity index (χ2n) is 11.6. The maximum Gasteiger partial charge on any atom is 0.434 e. The van der Waals surface area contributed by atoms with Gasteiger partial charge in [0.15, 0.2) is 5.69 Å². The predicted molar refractivity (Wildman–Crippen MR) is 165 cm³/mol. The van der Waals surface area contributed by atoms with E-state index in [1.54, 1.807) is 38.7 Å². The number of aromatic nitrogens is 3. The summed E-state index contributed by atoms with van der Waals surface area (Å²) < 4.78 is 57.7. The number of hydrogen-bond acceptors (Lipinski definition) is 11. The van der Waals surface area contributed by atoms with E-state index < -0.39 is 35.6 Å². The minimum absolute atomic E-state index is 0.000307. The quantitative estimate of drug-likeness (QED) is 0.308. The number of anilines is 1. The molecule has 5 heterocycles. The molecule has 0 bridgehead atoms. The van der Waals surface area contributed by atoms with Crippen molar-refractivity contribution in [2.24, 2.45) is 4.99 Å². The lowest BCUT2D eigenvalue weighted by Crippen LogP contribution is -2.44. The number of carbonyl (C=O) groups excluding carboxylic acids is 3.